The number of hydrogen-bond acceptors (Lipinski definition) is 4. The number of nitrogens with zero attached hydrogens (tertiary/aromatic N) is 2. The van der Waals surface area contributed by atoms with Crippen molar-refractivity contribution in [2.75, 3.05) is 37.2 Å². The molecule has 30 heavy (non-hydrogen) atoms. The lowest BCUT2D eigenvalue weighted by Gasteiger charge is -2.27. The third-order valence-corrected chi connectivity index (χ3v) is 7.54. The molecule has 0 aliphatic rings. The Morgan fingerprint density at radius 2 is 1.83 bits per heavy atom. The summed E-state index contributed by atoms with van der Waals surface area (Å²) in [6.45, 7) is -0.198. The van der Waals surface area contributed by atoms with Crippen molar-refractivity contribution in [3.8, 4) is 0 Å². The molecular formula is C19H22Cl2FN3O3S2. The Morgan fingerprint density at radius 1 is 1.13 bits per heavy atom. The van der Waals surface area contributed by atoms with Crippen LogP contribution >= 0.6 is 35.0 Å². The lowest BCUT2D eigenvalue weighted by atomic mass is 10.2. The molecule has 0 bridgehead atoms. The van der Waals surface area contributed by atoms with Crippen molar-refractivity contribution in [1.29, 1.82) is 0 Å². The van der Waals surface area contributed by atoms with Gasteiger partial charge in [-0.15, -0.1) is 0 Å². The minimum Gasteiger partial charge on any atom is -0.354 e. The zero-order valence-corrected chi connectivity index (χ0v) is 19.6. The Kier molecular flexibility index (Phi) is 9.24. The van der Waals surface area contributed by atoms with E-state index in [9.17, 15) is 17.6 Å². The number of benzene rings is 2. The van der Waals surface area contributed by atoms with Crippen LogP contribution in [0.3, 0.4) is 0 Å². The number of carbonyl (C=O) groups excluding carboxylic acids is 1. The molecule has 0 unspecified atom stereocenters. The average molecular weight is 494 g/mol. The first-order valence-corrected chi connectivity index (χ1v) is 12.2. The monoisotopic (exact) mass is 493 g/mol. The van der Waals surface area contributed by atoms with Crippen molar-refractivity contribution in [1.82, 2.24) is 9.62 Å². The van der Waals surface area contributed by atoms with E-state index in [1.165, 1.54) is 32.3 Å². The maximum absolute atomic E-state index is 14.2. The fourth-order valence-corrected chi connectivity index (χ4v) is 4.61. The maximum atomic E-state index is 14.2. The van der Waals surface area contributed by atoms with E-state index in [4.69, 9.17) is 23.2 Å². The van der Waals surface area contributed by atoms with Crippen LogP contribution in [0.5, 0.6) is 0 Å². The molecule has 0 fully saturated rings. The second kappa shape index (κ2) is 11.2. The van der Waals surface area contributed by atoms with Gasteiger partial charge in [-0.2, -0.15) is 24.5 Å². The predicted molar refractivity (Wildman–Crippen MR) is 122 cm³/mol. The second-order valence-corrected chi connectivity index (χ2v) is 10.4. The van der Waals surface area contributed by atoms with Gasteiger partial charge in [0.1, 0.15) is 12.4 Å². The van der Waals surface area contributed by atoms with Crippen LogP contribution in [-0.4, -0.2) is 51.6 Å². The molecule has 1 N–H and O–H groups in total. The predicted octanol–water partition coefficient (Wildman–Crippen LogP) is 3.79. The van der Waals surface area contributed by atoms with Crippen molar-refractivity contribution in [3.63, 3.8) is 0 Å². The SMILES string of the molecule is CN(C)S(=O)(=O)N(CC(=O)NCCSCc1ccc(Cl)c(Cl)c1)c1ccccc1F. The molecule has 0 aliphatic carbocycles. The molecule has 2 aromatic rings. The number of hydrogen-bond donors (Lipinski definition) is 1. The van der Waals surface area contributed by atoms with E-state index in [0.29, 0.717) is 28.1 Å². The van der Waals surface area contributed by atoms with E-state index >= 15 is 0 Å². The summed E-state index contributed by atoms with van der Waals surface area (Å²) in [6.07, 6.45) is 0. The summed E-state index contributed by atoms with van der Waals surface area (Å²) in [5, 5.41) is 3.64. The number of rotatable bonds is 10. The highest BCUT2D eigenvalue weighted by Crippen LogP contribution is 2.25. The van der Waals surface area contributed by atoms with Gasteiger partial charge in [0, 0.05) is 32.1 Å². The van der Waals surface area contributed by atoms with Crippen molar-refractivity contribution < 1.29 is 17.6 Å². The topological polar surface area (TPSA) is 69.7 Å². The Bertz CT molecular complexity index is 991. The maximum Gasteiger partial charge on any atom is 0.304 e. The molecule has 2 aromatic carbocycles. The van der Waals surface area contributed by atoms with Crippen LogP contribution in [0.2, 0.25) is 10.0 Å². The molecule has 0 saturated carbocycles. The second-order valence-electron chi connectivity index (χ2n) is 6.40. The molecule has 0 aromatic heterocycles. The number of halogens is 3. The highest BCUT2D eigenvalue weighted by Gasteiger charge is 2.29. The van der Waals surface area contributed by atoms with E-state index in [2.05, 4.69) is 5.32 Å². The van der Waals surface area contributed by atoms with E-state index in [1.54, 1.807) is 23.9 Å². The summed E-state index contributed by atoms with van der Waals surface area (Å²) in [6, 6.07) is 10.8. The van der Waals surface area contributed by atoms with Crippen LogP contribution in [0.25, 0.3) is 0 Å². The molecular weight excluding hydrogens is 472 g/mol. The summed E-state index contributed by atoms with van der Waals surface area (Å²) < 4.78 is 41.0. The Labute approximate surface area is 190 Å². The quantitative estimate of drug-likeness (QED) is 0.511. The zero-order chi connectivity index (χ0) is 22.3. The first-order valence-electron chi connectivity index (χ1n) is 8.86. The summed E-state index contributed by atoms with van der Waals surface area (Å²) in [5.41, 5.74) is 0.818. The molecule has 1 amide bonds. The Hall–Kier alpha value is -1.52. The van der Waals surface area contributed by atoms with Gasteiger partial charge in [0.25, 0.3) is 0 Å². The smallest absolute Gasteiger partial charge is 0.304 e. The lowest BCUT2D eigenvalue weighted by Crippen LogP contribution is -2.46. The average Bonchev–Trinajstić information content (AvgIpc) is 2.69. The van der Waals surface area contributed by atoms with Crippen molar-refractivity contribution in [2.24, 2.45) is 0 Å². The van der Waals surface area contributed by atoms with Gasteiger partial charge in [-0.05, 0) is 29.8 Å². The van der Waals surface area contributed by atoms with Crippen LogP contribution in [-0.2, 0) is 20.8 Å². The van der Waals surface area contributed by atoms with Gasteiger partial charge in [-0.1, -0.05) is 41.4 Å². The van der Waals surface area contributed by atoms with Crippen LogP contribution < -0.4 is 9.62 Å². The third kappa shape index (κ3) is 6.75. The standard InChI is InChI=1S/C19H22Cl2FN3O3S2/c1-24(2)30(27,28)25(18-6-4-3-5-17(18)22)12-19(26)23-9-10-29-13-14-7-8-15(20)16(21)11-14/h3-8,11H,9-10,12-13H2,1-2H3,(H,23,26). The fraction of sp³-hybridized carbons (Fsp3) is 0.316. The van der Waals surface area contributed by atoms with E-state index in [-0.39, 0.29) is 5.69 Å². The molecule has 6 nitrogen and oxygen atoms in total. The van der Waals surface area contributed by atoms with Crippen LogP contribution in [0.1, 0.15) is 5.56 Å². The summed E-state index contributed by atoms with van der Waals surface area (Å²) >= 11 is 13.4. The molecule has 0 aliphatic heterocycles. The Morgan fingerprint density at radius 3 is 2.47 bits per heavy atom. The molecule has 11 heteroatoms. The minimum atomic E-state index is -4.05. The zero-order valence-electron chi connectivity index (χ0n) is 16.4. The number of thioether (sulfide) groups is 1. The number of carbonyl (C=O) groups is 1. The van der Waals surface area contributed by atoms with Crippen LogP contribution in [0.4, 0.5) is 10.1 Å². The van der Waals surface area contributed by atoms with E-state index in [1.807, 2.05) is 6.07 Å². The molecule has 164 valence electrons. The van der Waals surface area contributed by atoms with Gasteiger partial charge in [0.2, 0.25) is 5.91 Å². The summed E-state index contributed by atoms with van der Waals surface area (Å²) in [4.78, 5) is 12.3. The first kappa shape index (κ1) is 24.7. The molecule has 0 heterocycles. The number of para-hydroxylation sites is 1. The van der Waals surface area contributed by atoms with Gasteiger partial charge >= 0.3 is 10.2 Å². The third-order valence-electron chi connectivity index (χ3n) is 3.97. The van der Waals surface area contributed by atoms with Gasteiger partial charge in [0.15, 0.2) is 0 Å². The van der Waals surface area contributed by atoms with Crippen molar-refractivity contribution in [2.45, 2.75) is 5.75 Å². The van der Waals surface area contributed by atoms with Gasteiger partial charge in [0.05, 0.1) is 15.7 Å². The number of amides is 1. The first-order chi connectivity index (χ1) is 14.1. The van der Waals surface area contributed by atoms with E-state index < -0.39 is 28.5 Å². The van der Waals surface area contributed by atoms with Crippen molar-refractivity contribution >= 4 is 56.8 Å². The molecule has 0 radical (unpaired) electrons. The van der Waals surface area contributed by atoms with Gasteiger partial charge < -0.3 is 5.32 Å². The van der Waals surface area contributed by atoms with Gasteiger partial charge in [-0.25, -0.2) is 8.70 Å². The van der Waals surface area contributed by atoms with Gasteiger partial charge in [-0.3, -0.25) is 4.79 Å². The minimum absolute atomic E-state index is 0.185. The summed E-state index contributed by atoms with van der Waals surface area (Å²) in [7, 11) is -1.41. The largest absolute Gasteiger partial charge is 0.354 e. The van der Waals surface area contributed by atoms with Crippen molar-refractivity contribution in [3.05, 3.63) is 63.9 Å². The summed E-state index contributed by atoms with van der Waals surface area (Å²) in [5.74, 6) is 0.0293. The number of anilines is 1. The molecule has 0 atom stereocenters. The van der Waals surface area contributed by atoms with Crippen LogP contribution in [0, 0.1) is 5.82 Å². The molecule has 0 spiro atoms. The van der Waals surface area contributed by atoms with Crippen LogP contribution in [0.15, 0.2) is 42.5 Å². The highest BCUT2D eigenvalue weighted by molar-refractivity contribution is 7.98. The fourth-order valence-electron chi connectivity index (χ4n) is 2.41. The van der Waals surface area contributed by atoms with E-state index in [0.717, 1.165) is 20.2 Å². The lowest BCUT2D eigenvalue weighted by molar-refractivity contribution is -0.119. The Balaban J connectivity index is 1.91. The molecule has 0 saturated heterocycles. The molecule has 2 rings (SSSR count). The highest BCUT2D eigenvalue weighted by atomic mass is 35.5. The normalized spacial score (nSPS) is 11.5. The number of nitrogens with one attached hydrogen (secondary N) is 1.